The van der Waals surface area contributed by atoms with E-state index in [4.69, 9.17) is 14.6 Å². The second-order valence-electron chi connectivity index (χ2n) is 5.03. The zero-order valence-corrected chi connectivity index (χ0v) is 11.5. The number of aliphatic carboxylic acids is 1. The average Bonchev–Trinajstić information content (AvgIpc) is 2.27. The van der Waals surface area contributed by atoms with Crippen LogP contribution in [0.2, 0.25) is 0 Å². The summed E-state index contributed by atoms with van der Waals surface area (Å²) in [6, 6.07) is -0.613. The zero-order chi connectivity index (χ0) is 13.5. The summed E-state index contributed by atoms with van der Waals surface area (Å²) in [6.07, 6.45) is 3.06. The Bertz CT molecular complexity index is 249. The number of hydrogen-bond acceptors (Lipinski definition) is 4. The van der Waals surface area contributed by atoms with Gasteiger partial charge in [-0.15, -0.1) is 0 Å². The summed E-state index contributed by atoms with van der Waals surface area (Å²) < 4.78 is 11.3. The van der Waals surface area contributed by atoms with Gasteiger partial charge < -0.3 is 19.9 Å². The van der Waals surface area contributed by atoms with Crippen molar-refractivity contribution in [3.8, 4) is 0 Å². The minimum Gasteiger partial charge on any atom is -0.480 e. The van der Waals surface area contributed by atoms with Crippen molar-refractivity contribution >= 4 is 5.97 Å². The molecule has 1 fully saturated rings. The minimum atomic E-state index is -0.850. The molecule has 3 atom stereocenters. The van der Waals surface area contributed by atoms with E-state index in [0.717, 1.165) is 19.3 Å². The van der Waals surface area contributed by atoms with Gasteiger partial charge in [0.25, 0.3) is 0 Å². The van der Waals surface area contributed by atoms with Crippen molar-refractivity contribution in [2.75, 3.05) is 13.2 Å². The summed E-state index contributed by atoms with van der Waals surface area (Å²) in [5, 5.41) is 12.0. The Hall–Kier alpha value is -0.650. The molecule has 18 heavy (non-hydrogen) atoms. The van der Waals surface area contributed by atoms with Crippen LogP contribution in [-0.2, 0) is 14.3 Å². The Labute approximate surface area is 109 Å². The molecule has 106 valence electrons. The lowest BCUT2D eigenvalue weighted by molar-refractivity contribution is -0.144. The van der Waals surface area contributed by atoms with Crippen molar-refractivity contribution in [2.24, 2.45) is 0 Å². The molecule has 5 heteroatoms. The molecule has 0 bridgehead atoms. The fourth-order valence-corrected chi connectivity index (χ4v) is 2.25. The molecule has 1 saturated heterocycles. The Balaban J connectivity index is 2.34. The molecule has 0 spiro atoms. The van der Waals surface area contributed by atoms with Crippen molar-refractivity contribution in [3.05, 3.63) is 0 Å². The molecule has 1 aliphatic rings. The molecule has 1 heterocycles. The fourth-order valence-electron chi connectivity index (χ4n) is 2.25. The van der Waals surface area contributed by atoms with Gasteiger partial charge in [0.15, 0.2) is 0 Å². The topological polar surface area (TPSA) is 67.8 Å². The van der Waals surface area contributed by atoms with E-state index in [0.29, 0.717) is 6.54 Å². The van der Waals surface area contributed by atoms with Gasteiger partial charge in [-0.25, -0.2) is 0 Å². The maximum atomic E-state index is 11.0. The van der Waals surface area contributed by atoms with Crippen molar-refractivity contribution in [1.29, 1.82) is 0 Å². The van der Waals surface area contributed by atoms with Crippen LogP contribution in [0, 0.1) is 0 Å². The molecule has 1 aliphatic heterocycles. The van der Waals surface area contributed by atoms with Gasteiger partial charge in [0.1, 0.15) is 6.04 Å². The summed E-state index contributed by atoms with van der Waals surface area (Å²) in [4.78, 5) is 11.0. The molecular weight excluding hydrogens is 234 g/mol. The quantitative estimate of drug-likeness (QED) is 0.723. The first-order valence-electron chi connectivity index (χ1n) is 6.76. The van der Waals surface area contributed by atoms with Crippen molar-refractivity contribution in [2.45, 2.75) is 64.4 Å². The first kappa shape index (κ1) is 15.4. The first-order valence-corrected chi connectivity index (χ1v) is 6.76. The molecule has 0 aromatic heterocycles. The maximum Gasteiger partial charge on any atom is 0.323 e. The van der Waals surface area contributed by atoms with Crippen LogP contribution in [0.1, 0.15) is 40.0 Å². The predicted octanol–water partition coefficient (Wildman–Crippen LogP) is 1.41. The molecule has 5 nitrogen and oxygen atoms in total. The molecule has 0 aliphatic carbocycles. The van der Waals surface area contributed by atoms with Gasteiger partial charge >= 0.3 is 5.97 Å². The van der Waals surface area contributed by atoms with E-state index in [1.54, 1.807) is 0 Å². The SMILES string of the molecule is CCCNC(COC1CC(C)OC(C)C1)C(=O)O. The van der Waals surface area contributed by atoms with Crippen LogP contribution in [0.25, 0.3) is 0 Å². The van der Waals surface area contributed by atoms with E-state index < -0.39 is 12.0 Å². The highest BCUT2D eigenvalue weighted by atomic mass is 16.5. The van der Waals surface area contributed by atoms with Crippen molar-refractivity contribution in [3.63, 3.8) is 0 Å². The summed E-state index contributed by atoms with van der Waals surface area (Å²) in [6.45, 7) is 6.97. The van der Waals surface area contributed by atoms with Crippen LogP contribution in [0.3, 0.4) is 0 Å². The lowest BCUT2D eigenvalue weighted by Crippen LogP contribution is -2.43. The third-order valence-electron chi connectivity index (χ3n) is 3.09. The van der Waals surface area contributed by atoms with Gasteiger partial charge in [-0.05, 0) is 39.7 Å². The zero-order valence-electron chi connectivity index (χ0n) is 11.5. The molecule has 0 saturated carbocycles. The van der Waals surface area contributed by atoms with Crippen LogP contribution < -0.4 is 5.32 Å². The highest BCUT2D eigenvalue weighted by molar-refractivity contribution is 5.73. The van der Waals surface area contributed by atoms with E-state index in [1.165, 1.54) is 0 Å². The molecule has 0 aromatic carbocycles. The highest BCUT2D eigenvalue weighted by Crippen LogP contribution is 2.21. The Kier molecular flexibility index (Phi) is 6.60. The normalized spacial score (nSPS) is 30.1. The second-order valence-corrected chi connectivity index (χ2v) is 5.03. The number of nitrogens with one attached hydrogen (secondary N) is 1. The minimum absolute atomic E-state index is 0.106. The Morgan fingerprint density at radius 3 is 2.56 bits per heavy atom. The van der Waals surface area contributed by atoms with Gasteiger partial charge in [-0.1, -0.05) is 6.92 Å². The lowest BCUT2D eigenvalue weighted by Gasteiger charge is -2.32. The first-order chi connectivity index (χ1) is 8.52. The third-order valence-corrected chi connectivity index (χ3v) is 3.09. The Morgan fingerprint density at radius 1 is 1.44 bits per heavy atom. The van der Waals surface area contributed by atoms with Crippen LogP contribution in [-0.4, -0.2) is 48.6 Å². The summed E-state index contributed by atoms with van der Waals surface area (Å²) in [7, 11) is 0. The van der Waals surface area contributed by atoms with E-state index in [1.807, 2.05) is 20.8 Å². The summed E-state index contributed by atoms with van der Waals surface area (Å²) >= 11 is 0. The van der Waals surface area contributed by atoms with Crippen LogP contribution in [0.15, 0.2) is 0 Å². The van der Waals surface area contributed by atoms with Gasteiger partial charge in [0, 0.05) is 0 Å². The molecule has 2 N–H and O–H groups in total. The monoisotopic (exact) mass is 259 g/mol. The number of carbonyl (C=O) groups is 1. The van der Waals surface area contributed by atoms with E-state index in [-0.39, 0.29) is 24.9 Å². The molecular formula is C13H25NO4. The van der Waals surface area contributed by atoms with E-state index >= 15 is 0 Å². The number of hydrogen-bond donors (Lipinski definition) is 2. The third kappa shape index (κ3) is 5.33. The second kappa shape index (κ2) is 7.71. The smallest absolute Gasteiger partial charge is 0.323 e. The highest BCUT2D eigenvalue weighted by Gasteiger charge is 2.26. The number of carboxylic acid groups (broad SMARTS) is 1. The number of carboxylic acids is 1. The number of rotatable bonds is 7. The van der Waals surface area contributed by atoms with E-state index in [9.17, 15) is 4.79 Å². The average molecular weight is 259 g/mol. The molecule has 1 rings (SSSR count). The van der Waals surface area contributed by atoms with Gasteiger partial charge in [0.05, 0.1) is 24.9 Å². The lowest BCUT2D eigenvalue weighted by atomic mass is 10.0. The summed E-state index contributed by atoms with van der Waals surface area (Å²) in [5.74, 6) is -0.850. The Morgan fingerprint density at radius 2 is 2.06 bits per heavy atom. The van der Waals surface area contributed by atoms with Gasteiger partial charge in [0.2, 0.25) is 0 Å². The molecule has 3 unspecified atom stereocenters. The van der Waals surface area contributed by atoms with E-state index in [2.05, 4.69) is 5.32 Å². The van der Waals surface area contributed by atoms with Crippen molar-refractivity contribution in [1.82, 2.24) is 5.32 Å². The van der Waals surface area contributed by atoms with Crippen LogP contribution in [0.5, 0.6) is 0 Å². The largest absolute Gasteiger partial charge is 0.480 e. The molecule has 0 aromatic rings. The predicted molar refractivity (Wildman–Crippen MR) is 68.7 cm³/mol. The fraction of sp³-hybridized carbons (Fsp3) is 0.923. The maximum absolute atomic E-state index is 11.0. The van der Waals surface area contributed by atoms with Crippen LogP contribution >= 0.6 is 0 Å². The standard InChI is InChI=1S/C13H25NO4/c1-4-5-14-12(13(15)16)8-17-11-6-9(2)18-10(3)7-11/h9-12,14H,4-8H2,1-3H3,(H,15,16). The summed E-state index contributed by atoms with van der Waals surface area (Å²) in [5.41, 5.74) is 0. The van der Waals surface area contributed by atoms with Gasteiger partial charge in [-0.2, -0.15) is 0 Å². The number of ether oxygens (including phenoxy) is 2. The van der Waals surface area contributed by atoms with Crippen LogP contribution in [0.4, 0.5) is 0 Å². The molecule has 0 amide bonds. The van der Waals surface area contributed by atoms with Gasteiger partial charge in [-0.3, -0.25) is 4.79 Å². The molecule has 0 radical (unpaired) electrons. The van der Waals surface area contributed by atoms with Crippen molar-refractivity contribution < 1.29 is 19.4 Å².